The van der Waals surface area contributed by atoms with E-state index in [1.807, 2.05) is 23.5 Å². The summed E-state index contributed by atoms with van der Waals surface area (Å²) in [5.41, 5.74) is 4.94. The maximum Gasteiger partial charge on any atom is 0.119 e. The zero-order chi connectivity index (χ0) is 20.7. The number of thiophene rings is 1. The molecule has 0 saturated heterocycles. The van der Waals surface area contributed by atoms with E-state index in [0.717, 1.165) is 10.8 Å². The van der Waals surface area contributed by atoms with Crippen molar-refractivity contribution < 1.29 is 4.74 Å². The van der Waals surface area contributed by atoms with Crippen LogP contribution >= 0.6 is 22.9 Å². The molecular weight excluding hydrogens is 422 g/mol. The van der Waals surface area contributed by atoms with E-state index in [-0.39, 0.29) is 0 Å². The molecule has 4 heteroatoms. The van der Waals surface area contributed by atoms with Crippen molar-refractivity contribution in [2.75, 3.05) is 7.11 Å². The summed E-state index contributed by atoms with van der Waals surface area (Å²) in [4.78, 5) is 1.27. The number of fused-ring (bicyclic) bond motifs is 8. The van der Waals surface area contributed by atoms with Crippen LogP contribution in [0.5, 0.6) is 5.75 Å². The van der Waals surface area contributed by atoms with Crippen molar-refractivity contribution >= 4 is 70.4 Å². The van der Waals surface area contributed by atoms with Crippen LogP contribution in [-0.2, 0) is 0 Å². The number of nitrogens with zero attached hydrogens (tertiary/aromatic N) is 1. The van der Waals surface area contributed by atoms with Crippen LogP contribution in [0.1, 0.15) is 0 Å². The number of aromatic nitrogens is 1. The summed E-state index contributed by atoms with van der Waals surface area (Å²) in [6.07, 6.45) is 0. The molecule has 0 fully saturated rings. The average Bonchev–Trinajstić information content (AvgIpc) is 3.43. The third-order valence-electron chi connectivity index (χ3n) is 6.28. The number of methoxy groups -OCH3 is 1. The monoisotopic (exact) mass is 437 g/mol. The lowest BCUT2D eigenvalue weighted by atomic mass is 9.99. The van der Waals surface area contributed by atoms with E-state index in [4.69, 9.17) is 16.3 Å². The van der Waals surface area contributed by atoms with E-state index in [1.165, 1.54) is 58.6 Å². The highest BCUT2D eigenvalue weighted by atomic mass is 35.5. The normalized spacial score (nSPS) is 12.2. The van der Waals surface area contributed by atoms with Gasteiger partial charge in [-0.2, -0.15) is 0 Å². The van der Waals surface area contributed by atoms with Crippen LogP contribution < -0.4 is 4.74 Å². The van der Waals surface area contributed by atoms with Crippen molar-refractivity contribution in [3.8, 4) is 16.9 Å². The predicted octanol–water partition coefficient (Wildman–Crippen LogP) is 8.38. The SMILES string of the molecule is COc1ccc2c(c1)c1cc(-c3ccccc3)cc3c4c5ccc(Cl)cc5sc4n2c13. The van der Waals surface area contributed by atoms with Gasteiger partial charge in [-0.15, -0.1) is 11.3 Å². The van der Waals surface area contributed by atoms with E-state index in [9.17, 15) is 0 Å². The molecule has 0 amide bonds. The lowest BCUT2D eigenvalue weighted by molar-refractivity contribution is 0.415. The Balaban J connectivity index is 1.76. The van der Waals surface area contributed by atoms with E-state index in [1.54, 1.807) is 7.11 Å². The summed E-state index contributed by atoms with van der Waals surface area (Å²) in [5.74, 6) is 0.877. The molecule has 2 nitrogen and oxygen atoms in total. The van der Waals surface area contributed by atoms with Crippen molar-refractivity contribution in [1.82, 2.24) is 4.40 Å². The summed E-state index contributed by atoms with van der Waals surface area (Å²) < 4.78 is 9.19. The number of ether oxygens (including phenoxy) is 1. The first-order valence-electron chi connectivity index (χ1n) is 10.2. The maximum atomic E-state index is 6.32. The molecule has 4 aromatic carbocycles. The van der Waals surface area contributed by atoms with E-state index in [0.29, 0.717) is 0 Å². The molecule has 3 aromatic heterocycles. The van der Waals surface area contributed by atoms with Crippen molar-refractivity contribution in [1.29, 1.82) is 0 Å². The second-order valence-corrected chi connectivity index (χ2v) is 9.39. The Kier molecular flexibility index (Phi) is 3.44. The first-order chi connectivity index (χ1) is 15.2. The topological polar surface area (TPSA) is 13.6 Å². The van der Waals surface area contributed by atoms with E-state index in [2.05, 4.69) is 71.1 Å². The molecule has 3 heterocycles. The Bertz CT molecular complexity index is 1780. The highest BCUT2D eigenvalue weighted by Crippen LogP contribution is 2.47. The Morgan fingerprint density at radius 1 is 0.774 bits per heavy atom. The fourth-order valence-electron chi connectivity index (χ4n) is 4.93. The van der Waals surface area contributed by atoms with Crippen LogP contribution in [0.25, 0.3) is 58.6 Å². The molecule has 0 aliphatic carbocycles. The summed E-state index contributed by atoms with van der Waals surface area (Å²) in [6, 6.07) is 27.9. The highest BCUT2D eigenvalue weighted by Gasteiger charge is 2.22. The number of benzene rings is 4. The molecule has 0 bridgehead atoms. The molecule has 0 N–H and O–H groups in total. The molecule has 0 atom stereocenters. The van der Waals surface area contributed by atoms with Gasteiger partial charge < -0.3 is 4.74 Å². The van der Waals surface area contributed by atoms with Gasteiger partial charge in [0.25, 0.3) is 0 Å². The van der Waals surface area contributed by atoms with Crippen LogP contribution in [0.3, 0.4) is 0 Å². The van der Waals surface area contributed by atoms with Gasteiger partial charge in [0.15, 0.2) is 0 Å². The molecule has 31 heavy (non-hydrogen) atoms. The van der Waals surface area contributed by atoms with Gasteiger partial charge in [-0.3, -0.25) is 4.40 Å². The summed E-state index contributed by atoms with van der Waals surface area (Å²) in [6.45, 7) is 0. The highest BCUT2D eigenvalue weighted by molar-refractivity contribution is 7.25. The van der Waals surface area contributed by atoms with Gasteiger partial charge in [-0.25, -0.2) is 0 Å². The first kappa shape index (κ1) is 17.4. The Morgan fingerprint density at radius 2 is 1.61 bits per heavy atom. The van der Waals surface area contributed by atoms with Crippen LogP contribution in [0.15, 0.2) is 78.9 Å². The molecule has 7 aromatic rings. The van der Waals surface area contributed by atoms with Crippen LogP contribution in [0.4, 0.5) is 0 Å². The van der Waals surface area contributed by atoms with Gasteiger partial charge in [0.05, 0.1) is 18.1 Å². The van der Waals surface area contributed by atoms with E-state index >= 15 is 0 Å². The molecule has 0 unspecified atom stereocenters. The third-order valence-corrected chi connectivity index (χ3v) is 7.65. The number of hydrogen-bond acceptors (Lipinski definition) is 2. The van der Waals surface area contributed by atoms with Crippen molar-refractivity contribution in [2.45, 2.75) is 0 Å². The van der Waals surface area contributed by atoms with Gasteiger partial charge in [-0.1, -0.05) is 48.0 Å². The number of halogens is 1. The Labute approximate surface area is 187 Å². The first-order valence-corrected chi connectivity index (χ1v) is 11.4. The van der Waals surface area contributed by atoms with Crippen LogP contribution in [0.2, 0.25) is 5.02 Å². The minimum absolute atomic E-state index is 0.776. The molecule has 0 aliphatic rings. The van der Waals surface area contributed by atoms with Gasteiger partial charge in [0.2, 0.25) is 0 Å². The second kappa shape index (κ2) is 6.13. The third kappa shape index (κ3) is 2.28. The van der Waals surface area contributed by atoms with E-state index < -0.39 is 0 Å². The van der Waals surface area contributed by atoms with Gasteiger partial charge in [0, 0.05) is 36.7 Å². The summed E-state index contributed by atoms with van der Waals surface area (Å²) >= 11 is 8.13. The lowest BCUT2D eigenvalue weighted by Gasteiger charge is -2.04. The molecule has 0 radical (unpaired) electrons. The van der Waals surface area contributed by atoms with Gasteiger partial charge in [-0.05, 0) is 53.6 Å². The fourth-order valence-corrected chi connectivity index (χ4v) is 6.44. The molecule has 0 aliphatic heterocycles. The van der Waals surface area contributed by atoms with Gasteiger partial charge in [0.1, 0.15) is 10.6 Å². The van der Waals surface area contributed by atoms with Crippen molar-refractivity contribution in [2.24, 2.45) is 0 Å². The van der Waals surface area contributed by atoms with Crippen LogP contribution in [0, 0.1) is 0 Å². The molecular formula is C27H16ClNOS. The average molecular weight is 438 g/mol. The maximum absolute atomic E-state index is 6.32. The smallest absolute Gasteiger partial charge is 0.119 e. The zero-order valence-electron chi connectivity index (χ0n) is 16.6. The van der Waals surface area contributed by atoms with Crippen LogP contribution in [-0.4, -0.2) is 11.5 Å². The quantitative estimate of drug-likeness (QED) is 0.265. The molecule has 7 rings (SSSR count). The summed E-state index contributed by atoms with van der Waals surface area (Å²) in [5, 5.41) is 7.12. The standard InChI is InChI=1S/C27H16ClNOS/c1-30-18-8-10-23-20(14-18)21-11-16(15-5-3-2-4-6-15)12-22-25-19-9-7-17(28)13-24(19)31-27(25)29(23)26(21)22/h2-14H,1H3. The number of rotatable bonds is 2. The second-order valence-electron chi connectivity index (χ2n) is 7.93. The minimum Gasteiger partial charge on any atom is -0.497 e. The Morgan fingerprint density at radius 3 is 2.45 bits per heavy atom. The van der Waals surface area contributed by atoms with Gasteiger partial charge >= 0.3 is 0 Å². The molecule has 148 valence electrons. The molecule has 0 spiro atoms. The lowest BCUT2D eigenvalue weighted by Crippen LogP contribution is -1.82. The largest absolute Gasteiger partial charge is 0.497 e. The minimum atomic E-state index is 0.776. The summed E-state index contributed by atoms with van der Waals surface area (Å²) in [7, 11) is 1.72. The fraction of sp³-hybridized carbons (Fsp3) is 0.0370. The predicted molar refractivity (Wildman–Crippen MR) is 133 cm³/mol. The Hall–Kier alpha value is -3.27. The zero-order valence-corrected chi connectivity index (χ0v) is 18.2. The van der Waals surface area contributed by atoms with Crippen molar-refractivity contribution in [3.63, 3.8) is 0 Å². The molecule has 0 saturated carbocycles. The number of hydrogen-bond donors (Lipinski definition) is 0. The van der Waals surface area contributed by atoms with Crippen molar-refractivity contribution in [3.05, 3.63) is 83.9 Å².